The molecule has 0 atom stereocenters. The molecule has 0 saturated carbocycles. The molecule has 2 rings (SSSR count). The zero-order chi connectivity index (χ0) is 13.3. The normalized spacial score (nSPS) is 11.1. The van der Waals surface area contributed by atoms with E-state index in [-0.39, 0.29) is 24.5 Å². The summed E-state index contributed by atoms with van der Waals surface area (Å²) in [5.74, 6) is -0.148. The van der Waals surface area contributed by atoms with Crippen molar-refractivity contribution < 1.29 is 9.53 Å². The van der Waals surface area contributed by atoms with Crippen molar-refractivity contribution in [2.75, 3.05) is 13.7 Å². The van der Waals surface area contributed by atoms with Gasteiger partial charge in [-0.25, -0.2) is 4.98 Å². The fourth-order valence-corrected chi connectivity index (χ4v) is 2.77. The Morgan fingerprint density at radius 3 is 2.89 bits per heavy atom. The summed E-state index contributed by atoms with van der Waals surface area (Å²) in [5.41, 5.74) is 0.785. The largest absolute Gasteiger partial charge is 0.377 e. The number of ketones is 1. The minimum Gasteiger partial charge on any atom is -0.377 e. The highest BCUT2D eigenvalue weighted by Crippen LogP contribution is 2.25. The molecule has 0 saturated heterocycles. The number of nitrogens with zero attached hydrogens (tertiary/aromatic N) is 2. The van der Waals surface area contributed by atoms with E-state index < -0.39 is 0 Å². The maximum absolute atomic E-state index is 12.2. The standard InChI is InChI=1S/C12H14N2O3S/c1-7-8(2)18-11-10(7)12(16)14(6-13-11)4-9(15)5-17-3/h6H,4-5H2,1-3H3. The Morgan fingerprint density at radius 2 is 2.22 bits per heavy atom. The summed E-state index contributed by atoms with van der Waals surface area (Å²) in [7, 11) is 1.45. The van der Waals surface area contributed by atoms with Crippen LogP contribution in [0.4, 0.5) is 0 Å². The molecule has 96 valence electrons. The van der Waals surface area contributed by atoms with Crippen molar-refractivity contribution in [2.45, 2.75) is 20.4 Å². The first kappa shape index (κ1) is 12.9. The number of aryl methyl sites for hydroxylation is 2. The fourth-order valence-electron chi connectivity index (χ4n) is 1.78. The van der Waals surface area contributed by atoms with Crippen LogP contribution in [0.15, 0.2) is 11.1 Å². The first-order valence-corrected chi connectivity index (χ1v) is 6.32. The number of ether oxygens (including phenoxy) is 1. The number of thiophene rings is 1. The van der Waals surface area contributed by atoms with Gasteiger partial charge in [-0.05, 0) is 19.4 Å². The van der Waals surface area contributed by atoms with Crippen molar-refractivity contribution in [2.24, 2.45) is 0 Å². The van der Waals surface area contributed by atoms with Gasteiger partial charge in [-0.15, -0.1) is 11.3 Å². The lowest BCUT2D eigenvalue weighted by atomic mass is 10.2. The van der Waals surface area contributed by atoms with Gasteiger partial charge >= 0.3 is 0 Å². The smallest absolute Gasteiger partial charge is 0.262 e. The van der Waals surface area contributed by atoms with Gasteiger partial charge in [-0.3, -0.25) is 14.2 Å². The summed E-state index contributed by atoms with van der Waals surface area (Å²) < 4.78 is 6.08. The molecule has 0 aliphatic heterocycles. The molecule has 0 aliphatic carbocycles. The van der Waals surface area contributed by atoms with E-state index in [9.17, 15) is 9.59 Å². The summed E-state index contributed by atoms with van der Waals surface area (Å²) in [6.45, 7) is 3.87. The Labute approximate surface area is 108 Å². The number of hydrogen-bond acceptors (Lipinski definition) is 5. The summed E-state index contributed by atoms with van der Waals surface area (Å²) in [6.07, 6.45) is 1.42. The molecule has 2 heterocycles. The Kier molecular flexibility index (Phi) is 3.58. The minimum atomic E-state index is -0.161. The van der Waals surface area contributed by atoms with E-state index in [1.165, 1.54) is 29.3 Å². The summed E-state index contributed by atoms with van der Waals surface area (Å²) in [4.78, 5) is 29.8. The maximum Gasteiger partial charge on any atom is 0.262 e. The van der Waals surface area contributed by atoms with Gasteiger partial charge in [-0.2, -0.15) is 0 Å². The number of carbonyl (C=O) groups excluding carboxylic acids is 1. The van der Waals surface area contributed by atoms with Crippen molar-refractivity contribution in [3.8, 4) is 0 Å². The Hall–Kier alpha value is -1.53. The number of aromatic nitrogens is 2. The van der Waals surface area contributed by atoms with Crippen LogP contribution in [0.25, 0.3) is 10.2 Å². The molecule has 18 heavy (non-hydrogen) atoms. The third kappa shape index (κ3) is 2.21. The van der Waals surface area contributed by atoms with E-state index in [1.54, 1.807) is 0 Å². The van der Waals surface area contributed by atoms with Gasteiger partial charge in [0, 0.05) is 12.0 Å². The number of carbonyl (C=O) groups is 1. The molecule has 0 N–H and O–H groups in total. The van der Waals surface area contributed by atoms with Gasteiger partial charge in [0.05, 0.1) is 18.3 Å². The van der Waals surface area contributed by atoms with Crippen LogP contribution >= 0.6 is 11.3 Å². The highest BCUT2D eigenvalue weighted by molar-refractivity contribution is 7.18. The zero-order valence-electron chi connectivity index (χ0n) is 10.5. The summed E-state index contributed by atoms with van der Waals surface area (Å²) in [5, 5.41) is 0.616. The predicted octanol–water partition coefficient (Wildman–Crippen LogP) is 1.29. The van der Waals surface area contributed by atoms with Gasteiger partial charge in [0.2, 0.25) is 0 Å². The SMILES string of the molecule is COCC(=O)Cn1cnc2sc(C)c(C)c2c1=O. The van der Waals surface area contributed by atoms with Crippen LogP contribution in [0, 0.1) is 13.8 Å². The highest BCUT2D eigenvalue weighted by Gasteiger charge is 2.13. The lowest BCUT2D eigenvalue weighted by molar-refractivity contribution is -0.123. The average Bonchev–Trinajstić information content (AvgIpc) is 2.60. The second-order valence-corrected chi connectivity index (χ2v) is 5.32. The third-order valence-electron chi connectivity index (χ3n) is 2.81. The molecule has 0 fully saturated rings. The van der Waals surface area contributed by atoms with E-state index in [0.717, 1.165) is 15.3 Å². The van der Waals surface area contributed by atoms with Crippen LogP contribution < -0.4 is 5.56 Å². The second-order valence-electron chi connectivity index (χ2n) is 4.11. The third-order valence-corrected chi connectivity index (χ3v) is 3.92. The van der Waals surface area contributed by atoms with Crippen LogP contribution in [0.3, 0.4) is 0 Å². The topological polar surface area (TPSA) is 61.2 Å². The average molecular weight is 266 g/mol. The molecule has 0 aliphatic rings. The van der Waals surface area contributed by atoms with Crippen molar-refractivity contribution in [1.29, 1.82) is 0 Å². The van der Waals surface area contributed by atoms with Crippen LogP contribution in [0.5, 0.6) is 0 Å². The van der Waals surface area contributed by atoms with Gasteiger partial charge in [0.1, 0.15) is 11.4 Å². The molecular weight excluding hydrogens is 252 g/mol. The lowest BCUT2D eigenvalue weighted by Gasteiger charge is -2.04. The second kappa shape index (κ2) is 4.99. The fraction of sp³-hybridized carbons (Fsp3) is 0.417. The summed E-state index contributed by atoms with van der Waals surface area (Å²) in [6, 6.07) is 0. The number of hydrogen-bond donors (Lipinski definition) is 0. The number of Topliss-reactive ketones (excluding diaryl/α,β-unsaturated/α-hetero) is 1. The van der Waals surface area contributed by atoms with E-state index in [4.69, 9.17) is 4.74 Å². The van der Waals surface area contributed by atoms with Gasteiger partial charge in [0.25, 0.3) is 5.56 Å². The molecule has 0 unspecified atom stereocenters. The molecular formula is C12H14N2O3S. The minimum absolute atomic E-state index is 0.00392. The number of fused-ring (bicyclic) bond motifs is 1. The van der Waals surface area contributed by atoms with E-state index in [1.807, 2.05) is 13.8 Å². The molecule has 2 aromatic heterocycles. The highest BCUT2D eigenvalue weighted by atomic mass is 32.1. The maximum atomic E-state index is 12.2. The molecule has 0 radical (unpaired) electrons. The number of methoxy groups -OCH3 is 1. The van der Waals surface area contributed by atoms with Gasteiger partial charge in [0.15, 0.2) is 5.78 Å². The number of rotatable bonds is 4. The molecule has 0 spiro atoms. The Morgan fingerprint density at radius 1 is 1.50 bits per heavy atom. The molecule has 5 nitrogen and oxygen atoms in total. The van der Waals surface area contributed by atoms with E-state index >= 15 is 0 Å². The Balaban J connectivity index is 2.48. The van der Waals surface area contributed by atoms with Gasteiger partial charge in [-0.1, -0.05) is 0 Å². The van der Waals surface area contributed by atoms with Crippen molar-refractivity contribution >= 4 is 27.3 Å². The first-order chi connectivity index (χ1) is 8.54. The molecule has 0 aromatic carbocycles. The Bertz CT molecular complexity index is 657. The van der Waals surface area contributed by atoms with Crippen LogP contribution in [-0.4, -0.2) is 29.1 Å². The molecule has 6 heteroatoms. The summed E-state index contributed by atoms with van der Waals surface area (Å²) >= 11 is 1.50. The zero-order valence-corrected chi connectivity index (χ0v) is 11.3. The predicted molar refractivity (Wildman–Crippen MR) is 70.2 cm³/mol. The van der Waals surface area contributed by atoms with Crippen LogP contribution in [0.1, 0.15) is 10.4 Å². The molecule has 0 bridgehead atoms. The quantitative estimate of drug-likeness (QED) is 0.836. The van der Waals surface area contributed by atoms with E-state index in [0.29, 0.717) is 5.39 Å². The van der Waals surface area contributed by atoms with Crippen molar-refractivity contribution in [1.82, 2.24) is 9.55 Å². The van der Waals surface area contributed by atoms with Crippen molar-refractivity contribution in [3.63, 3.8) is 0 Å². The van der Waals surface area contributed by atoms with E-state index in [2.05, 4.69) is 4.98 Å². The monoisotopic (exact) mass is 266 g/mol. The van der Waals surface area contributed by atoms with Gasteiger partial charge < -0.3 is 4.74 Å². The van der Waals surface area contributed by atoms with Crippen LogP contribution in [-0.2, 0) is 16.1 Å². The molecule has 2 aromatic rings. The first-order valence-electron chi connectivity index (χ1n) is 5.50. The lowest BCUT2D eigenvalue weighted by Crippen LogP contribution is -2.26. The van der Waals surface area contributed by atoms with Crippen molar-refractivity contribution in [3.05, 3.63) is 27.1 Å². The molecule has 0 amide bonds. The van der Waals surface area contributed by atoms with Crippen LogP contribution in [0.2, 0.25) is 0 Å².